The summed E-state index contributed by atoms with van der Waals surface area (Å²) in [6, 6.07) is 2.38. The summed E-state index contributed by atoms with van der Waals surface area (Å²) in [7, 11) is 0. The molecule has 0 bridgehead atoms. The van der Waals surface area contributed by atoms with E-state index in [1.165, 1.54) is 51.8 Å². The summed E-state index contributed by atoms with van der Waals surface area (Å²) in [4.78, 5) is 0. The van der Waals surface area contributed by atoms with E-state index in [1.807, 2.05) is 6.20 Å². The molecular formula is C17H34N2Sn. The zero-order valence-electron chi connectivity index (χ0n) is 14.1. The molecule has 1 heterocycles. The first kappa shape index (κ1) is 18.1. The van der Waals surface area contributed by atoms with Gasteiger partial charge in [0.15, 0.2) is 0 Å². The monoisotopic (exact) mass is 386 g/mol. The van der Waals surface area contributed by atoms with Crippen LogP contribution >= 0.6 is 0 Å². The molecule has 0 atom stereocenters. The van der Waals surface area contributed by atoms with Crippen molar-refractivity contribution in [1.82, 2.24) is 9.78 Å². The van der Waals surface area contributed by atoms with E-state index in [4.69, 9.17) is 0 Å². The normalized spacial score (nSPS) is 12.0. The molecule has 116 valence electrons. The molecule has 0 aliphatic rings. The van der Waals surface area contributed by atoms with Crippen molar-refractivity contribution in [2.24, 2.45) is 0 Å². The van der Waals surface area contributed by atoms with Gasteiger partial charge in [0, 0.05) is 0 Å². The second-order valence-electron chi connectivity index (χ2n) is 6.12. The van der Waals surface area contributed by atoms with Crippen molar-refractivity contribution in [2.75, 3.05) is 0 Å². The fourth-order valence-corrected chi connectivity index (χ4v) is 19.9. The van der Waals surface area contributed by atoms with Crippen LogP contribution < -0.4 is 3.71 Å². The van der Waals surface area contributed by atoms with Gasteiger partial charge in [-0.1, -0.05) is 0 Å². The predicted molar refractivity (Wildman–Crippen MR) is 92.4 cm³/mol. The van der Waals surface area contributed by atoms with Crippen LogP contribution in [0.2, 0.25) is 13.3 Å². The molecule has 0 aliphatic heterocycles. The molecule has 20 heavy (non-hydrogen) atoms. The van der Waals surface area contributed by atoms with Gasteiger partial charge >= 0.3 is 130 Å². The third-order valence-electron chi connectivity index (χ3n) is 4.59. The summed E-state index contributed by atoms with van der Waals surface area (Å²) < 4.78 is 8.65. The zero-order chi connectivity index (χ0) is 14.8. The Bertz CT molecular complexity index is 338. The Kier molecular flexibility index (Phi) is 8.90. The Hall–Kier alpha value is 0.00870. The van der Waals surface area contributed by atoms with Crippen LogP contribution in [0, 0.1) is 0 Å². The van der Waals surface area contributed by atoms with E-state index in [0.717, 1.165) is 6.54 Å². The molecule has 0 amide bonds. The Morgan fingerprint density at radius 3 is 1.80 bits per heavy atom. The number of nitrogens with zero attached hydrogens (tertiary/aromatic N) is 2. The van der Waals surface area contributed by atoms with Crippen molar-refractivity contribution < 1.29 is 0 Å². The van der Waals surface area contributed by atoms with Crippen LogP contribution in [0.25, 0.3) is 0 Å². The molecule has 0 saturated heterocycles. The van der Waals surface area contributed by atoms with Crippen LogP contribution in [0.5, 0.6) is 0 Å². The molecule has 0 spiro atoms. The Labute approximate surface area is 130 Å². The average molecular weight is 385 g/mol. The molecule has 0 radical (unpaired) electrons. The van der Waals surface area contributed by atoms with Crippen molar-refractivity contribution >= 4 is 22.1 Å². The van der Waals surface area contributed by atoms with Crippen molar-refractivity contribution in [3.63, 3.8) is 0 Å². The number of hydrogen-bond donors (Lipinski definition) is 0. The summed E-state index contributed by atoms with van der Waals surface area (Å²) in [5, 5.41) is 4.59. The van der Waals surface area contributed by atoms with Gasteiger partial charge in [0.1, 0.15) is 0 Å². The van der Waals surface area contributed by atoms with Crippen LogP contribution in [0.3, 0.4) is 0 Å². The molecule has 0 fully saturated rings. The van der Waals surface area contributed by atoms with E-state index >= 15 is 0 Å². The van der Waals surface area contributed by atoms with Gasteiger partial charge in [0.2, 0.25) is 0 Å². The first-order chi connectivity index (χ1) is 9.74. The number of unbranched alkanes of at least 4 members (excludes halogenated alkanes) is 3. The standard InChI is InChI=1S/C5H7N2.3C4H9.Sn/c1-2-7-5-3-4-6-7;3*1-3-4-2;/h3-4H,2H2,1H3;3*1,3-4H2,2H3;. The van der Waals surface area contributed by atoms with Gasteiger partial charge in [0.25, 0.3) is 0 Å². The molecule has 1 rings (SSSR count). The first-order valence-electron chi connectivity index (χ1n) is 8.76. The molecular weight excluding hydrogens is 351 g/mol. The Balaban J connectivity index is 3.04. The van der Waals surface area contributed by atoms with Crippen molar-refractivity contribution in [3.05, 3.63) is 12.3 Å². The van der Waals surface area contributed by atoms with Gasteiger partial charge < -0.3 is 0 Å². The summed E-state index contributed by atoms with van der Waals surface area (Å²) >= 11 is -2.23. The van der Waals surface area contributed by atoms with Gasteiger partial charge in [-0.2, -0.15) is 0 Å². The van der Waals surface area contributed by atoms with E-state index in [0.29, 0.717) is 0 Å². The maximum atomic E-state index is 4.59. The summed E-state index contributed by atoms with van der Waals surface area (Å²) in [5.74, 6) is 0. The number of hydrogen-bond acceptors (Lipinski definition) is 1. The fourth-order valence-electron chi connectivity index (χ4n) is 3.34. The van der Waals surface area contributed by atoms with Crippen LogP contribution in [-0.4, -0.2) is 28.2 Å². The summed E-state index contributed by atoms with van der Waals surface area (Å²) in [5.41, 5.74) is 0. The van der Waals surface area contributed by atoms with Gasteiger partial charge in [-0.25, -0.2) is 0 Å². The van der Waals surface area contributed by atoms with E-state index in [9.17, 15) is 0 Å². The van der Waals surface area contributed by atoms with Crippen LogP contribution in [0.1, 0.15) is 66.2 Å². The number of aromatic nitrogens is 2. The molecule has 0 aromatic carbocycles. The van der Waals surface area contributed by atoms with Gasteiger partial charge in [0.05, 0.1) is 0 Å². The molecule has 0 N–H and O–H groups in total. The minimum atomic E-state index is -2.23. The Morgan fingerprint density at radius 1 is 0.900 bits per heavy atom. The number of aryl methyl sites for hydroxylation is 1. The van der Waals surface area contributed by atoms with Crippen molar-refractivity contribution in [2.45, 2.75) is 86.1 Å². The zero-order valence-corrected chi connectivity index (χ0v) is 17.0. The van der Waals surface area contributed by atoms with Crippen LogP contribution in [0.4, 0.5) is 0 Å². The van der Waals surface area contributed by atoms with Crippen molar-refractivity contribution in [3.8, 4) is 0 Å². The second-order valence-corrected chi connectivity index (χ2v) is 19.2. The quantitative estimate of drug-likeness (QED) is 0.493. The van der Waals surface area contributed by atoms with Crippen molar-refractivity contribution in [1.29, 1.82) is 0 Å². The minimum absolute atomic E-state index is 1.05. The van der Waals surface area contributed by atoms with E-state index < -0.39 is 18.4 Å². The SMILES string of the molecule is CCC[CH2][Sn]([CH2]CCC)([CH2]CCC)[c]1ccnn1CC. The van der Waals surface area contributed by atoms with Gasteiger partial charge in [-0.15, -0.1) is 0 Å². The molecule has 0 saturated carbocycles. The van der Waals surface area contributed by atoms with Crippen LogP contribution in [-0.2, 0) is 6.54 Å². The molecule has 3 heteroatoms. The van der Waals surface area contributed by atoms with Gasteiger partial charge in [-0.05, 0) is 0 Å². The third-order valence-corrected chi connectivity index (χ3v) is 20.1. The van der Waals surface area contributed by atoms with E-state index in [2.05, 4.69) is 43.5 Å². The average Bonchev–Trinajstić information content (AvgIpc) is 2.96. The summed E-state index contributed by atoms with van der Waals surface area (Å²) in [6.07, 6.45) is 10.4. The molecule has 0 unspecified atom stereocenters. The molecule has 1 aromatic heterocycles. The predicted octanol–water partition coefficient (Wildman–Crippen LogP) is 4.96. The summed E-state index contributed by atoms with van der Waals surface area (Å²) in [6.45, 7) is 10.3. The molecule has 1 aromatic rings. The van der Waals surface area contributed by atoms with E-state index in [1.54, 1.807) is 3.71 Å². The molecule has 2 nitrogen and oxygen atoms in total. The van der Waals surface area contributed by atoms with Gasteiger partial charge in [-0.3, -0.25) is 0 Å². The third kappa shape index (κ3) is 4.78. The molecule has 0 aliphatic carbocycles. The van der Waals surface area contributed by atoms with E-state index in [-0.39, 0.29) is 0 Å². The first-order valence-corrected chi connectivity index (χ1v) is 16.2. The number of rotatable bonds is 11. The van der Waals surface area contributed by atoms with Crippen LogP contribution in [0.15, 0.2) is 12.3 Å². The second kappa shape index (κ2) is 9.86. The topological polar surface area (TPSA) is 17.8 Å². The Morgan fingerprint density at radius 2 is 1.40 bits per heavy atom. The maximum absolute atomic E-state index is 4.59. The fraction of sp³-hybridized carbons (Fsp3) is 0.824.